The topological polar surface area (TPSA) is 98.5 Å². The van der Waals surface area contributed by atoms with E-state index in [4.69, 9.17) is 16.9 Å². The van der Waals surface area contributed by atoms with Crippen molar-refractivity contribution in [2.75, 3.05) is 6.54 Å². The van der Waals surface area contributed by atoms with Gasteiger partial charge < -0.3 is 5.11 Å². The number of benzene rings is 1. The van der Waals surface area contributed by atoms with Gasteiger partial charge in [-0.2, -0.15) is 9.57 Å². The predicted octanol–water partition coefficient (Wildman–Crippen LogP) is 1.84. The van der Waals surface area contributed by atoms with Crippen molar-refractivity contribution in [1.29, 1.82) is 5.26 Å². The Morgan fingerprint density at radius 1 is 1.43 bits per heavy atom. The summed E-state index contributed by atoms with van der Waals surface area (Å²) in [6.45, 7) is 0.157. The van der Waals surface area contributed by atoms with Crippen LogP contribution in [0.1, 0.15) is 24.8 Å². The number of rotatable bonds is 3. The SMILES string of the molecule is N#Cc1cc(S(=O)(=O)N2CCCCC2C(=O)O)ccc1Cl. The maximum Gasteiger partial charge on any atom is 0.322 e. The summed E-state index contributed by atoms with van der Waals surface area (Å²) < 4.78 is 26.2. The molecule has 0 bridgehead atoms. The Morgan fingerprint density at radius 3 is 2.76 bits per heavy atom. The molecule has 0 aromatic heterocycles. The number of nitriles is 1. The molecule has 1 atom stereocenters. The van der Waals surface area contributed by atoms with Crippen LogP contribution in [0.3, 0.4) is 0 Å². The van der Waals surface area contributed by atoms with E-state index in [0.29, 0.717) is 12.8 Å². The van der Waals surface area contributed by atoms with Gasteiger partial charge in [0.15, 0.2) is 0 Å². The van der Waals surface area contributed by atoms with E-state index in [-0.39, 0.29) is 28.4 Å². The van der Waals surface area contributed by atoms with Crippen molar-refractivity contribution in [2.24, 2.45) is 0 Å². The summed E-state index contributed by atoms with van der Waals surface area (Å²) in [6.07, 6.45) is 1.57. The summed E-state index contributed by atoms with van der Waals surface area (Å²) in [5.41, 5.74) is 0.0432. The molecule has 1 aromatic carbocycles. The second-order valence-electron chi connectivity index (χ2n) is 4.72. The summed E-state index contributed by atoms with van der Waals surface area (Å²) in [7, 11) is -3.96. The van der Waals surface area contributed by atoms with Crippen LogP contribution in [-0.2, 0) is 14.8 Å². The predicted molar refractivity (Wildman–Crippen MR) is 75.3 cm³/mol. The van der Waals surface area contributed by atoms with Crippen LogP contribution in [-0.4, -0.2) is 36.4 Å². The minimum atomic E-state index is -3.96. The first-order valence-corrected chi connectivity index (χ1v) is 8.14. The van der Waals surface area contributed by atoms with Crippen LogP contribution in [0.15, 0.2) is 23.1 Å². The van der Waals surface area contributed by atoms with Gasteiger partial charge in [-0.25, -0.2) is 8.42 Å². The monoisotopic (exact) mass is 328 g/mol. The number of hydrogen-bond donors (Lipinski definition) is 1. The molecular formula is C13H13ClN2O4S. The summed E-state index contributed by atoms with van der Waals surface area (Å²) in [5.74, 6) is -1.16. The second-order valence-corrected chi connectivity index (χ2v) is 7.02. The summed E-state index contributed by atoms with van der Waals surface area (Å²) in [4.78, 5) is 11.1. The number of carbonyl (C=O) groups is 1. The molecule has 1 aromatic rings. The van der Waals surface area contributed by atoms with Crippen LogP contribution in [0.5, 0.6) is 0 Å². The molecule has 1 saturated heterocycles. The van der Waals surface area contributed by atoms with Gasteiger partial charge in [0, 0.05) is 6.54 Å². The van der Waals surface area contributed by atoms with E-state index < -0.39 is 22.0 Å². The molecule has 1 aliphatic rings. The van der Waals surface area contributed by atoms with Crippen LogP contribution in [0, 0.1) is 11.3 Å². The molecule has 1 unspecified atom stereocenters. The van der Waals surface area contributed by atoms with Gasteiger partial charge in [0.25, 0.3) is 0 Å². The zero-order valence-corrected chi connectivity index (χ0v) is 12.6. The smallest absolute Gasteiger partial charge is 0.322 e. The van der Waals surface area contributed by atoms with Gasteiger partial charge in [-0.1, -0.05) is 11.6 Å². The quantitative estimate of drug-likeness (QED) is 0.912. The molecule has 2 rings (SSSR count). The molecule has 0 saturated carbocycles. The Balaban J connectivity index is 2.46. The summed E-state index contributed by atoms with van der Waals surface area (Å²) >= 11 is 5.79. The van der Waals surface area contributed by atoms with E-state index >= 15 is 0 Å². The minimum absolute atomic E-state index is 0.0432. The van der Waals surface area contributed by atoms with Crippen LogP contribution in [0.25, 0.3) is 0 Å². The van der Waals surface area contributed by atoms with Gasteiger partial charge in [-0.05, 0) is 37.5 Å². The number of sulfonamides is 1. The van der Waals surface area contributed by atoms with Gasteiger partial charge in [0.1, 0.15) is 12.1 Å². The first-order chi connectivity index (χ1) is 9.87. The zero-order valence-electron chi connectivity index (χ0n) is 11.0. The van der Waals surface area contributed by atoms with Gasteiger partial charge in [-0.15, -0.1) is 0 Å². The third-order valence-electron chi connectivity index (χ3n) is 3.40. The van der Waals surface area contributed by atoms with Crippen molar-refractivity contribution in [3.8, 4) is 6.07 Å². The first-order valence-electron chi connectivity index (χ1n) is 6.32. The molecule has 1 fully saturated rings. The molecule has 0 radical (unpaired) electrons. The summed E-state index contributed by atoms with van der Waals surface area (Å²) in [5, 5.41) is 18.3. The number of halogens is 1. The zero-order chi connectivity index (χ0) is 15.6. The molecule has 0 amide bonds. The van der Waals surface area contributed by atoms with Crippen molar-refractivity contribution >= 4 is 27.6 Å². The summed E-state index contributed by atoms with van der Waals surface area (Å²) in [6, 6.07) is 4.53. The standard InChI is InChI=1S/C13H13ClN2O4S/c14-11-5-4-10(7-9(11)8-15)21(19,20)16-6-2-1-3-12(16)13(17)18/h4-5,7,12H,1-3,6H2,(H,17,18). The number of nitrogens with zero attached hydrogens (tertiary/aromatic N) is 2. The van der Waals surface area contributed by atoms with Crippen LogP contribution in [0.2, 0.25) is 5.02 Å². The lowest BCUT2D eigenvalue weighted by atomic mass is 10.1. The maximum absolute atomic E-state index is 12.6. The van der Waals surface area contributed by atoms with E-state index in [0.717, 1.165) is 4.31 Å². The van der Waals surface area contributed by atoms with Gasteiger partial charge >= 0.3 is 5.97 Å². The fourth-order valence-electron chi connectivity index (χ4n) is 2.33. The Hall–Kier alpha value is -1.62. The van der Waals surface area contributed by atoms with Crippen molar-refractivity contribution in [2.45, 2.75) is 30.2 Å². The van der Waals surface area contributed by atoms with Gasteiger partial charge in [0.05, 0.1) is 15.5 Å². The number of aliphatic carboxylic acids is 1. The van der Waals surface area contributed by atoms with Crippen LogP contribution >= 0.6 is 11.6 Å². The molecule has 1 heterocycles. The molecule has 0 spiro atoms. The van der Waals surface area contributed by atoms with Crippen LogP contribution < -0.4 is 0 Å². The third kappa shape index (κ3) is 3.02. The highest BCUT2D eigenvalue weighted by molar-refractivity contribution is 7.89. The highest BCUT2D eigenvalue weighted by Crippen LogP contribution is 2.27. The van der Waals surface area contributed by atoms with Gasteiger partial charge in [0.2, 0.25) is 10.0 Å². The number of carboxylic acid groups (broad SMARTS) is 1. The Morgan fingerprint density at radius 2 is 2.14 bits per heavy atom. The van der Waals surface area contributed by atoms with E-state index in [1.54, 1.807) is 0 Å². The second kappa shape index (κ2) is 6.02. The van der Waals surface area contributed by atoms with Gasteiger partial charge in [-0.3, -0.25) is 4.79 Å². The van der Waals surface area contributed by atoms with Crippen molar-refractivity contribution in [3.63, 3.8) is 0 Å². The number of piperidine rings is 1. The molecule has 1 N–H and O–H groups in total. The maximum atomic E-state index is 12.6. The van der Waals surface area contributed by atoms with Crippen molar-refractivity contribution in [1.82, 2.24) is 4.31 Å². The molecule has 0 aliphatic carbocycles. The first kappa shape index (κ1) is 15.8. The Bertz CT molecular complexity index is 711. The minimum Gasteiger partial charge on any atom is -0.480 e. The highest BCUT2D eigenvalue weighted by atomic mass is 35.5. The van der Waals surface area contributed by atoms with E-state index in [2.05, 4.69) is 0 Å². The normalized spacial score (nSPS) is 19.9. The molecule has 6 nitrogen and oxygen atoms in total. The largest absolute Gasteiger partial charge is 0.480 e. The fourth-order valence-corrected chi connectivity index (χ4v) is 4.16. The Kier molecular flexibility index (Phi) is 4.52. The molecular weight excluding hydrogens is 316 g/mol. The Labute approximate surface area is 127 Å². The van der Waals surface area contributed by atoms with E-state index in [1.165, 1.54) is 18.2 Å². The van der Waals surface area contributed by atoms with Crippen molar-refractivity contribution in [3.05, 3.63) is 28.8 Å². The average molecular weight is 329 g/mol. The molecule has 1 aliphatic heterocycles. The fraction of sp³-hybridized carbons (Fsp3) is 0.385. The lowest BCUT2D eigenvalue weighted by Gasteiger charge is -2.31. The lowest BCUT2D eigenvalue weighted by molar-refractivity contribution is -0.142. The third-order valence-corrected chi connectivity index (χ3v) is 5.64. The molecule has 21 heavy (non-hydrogen) atoms. The molecule has 112 valence electrons. The van der Waals surface area contributed by atoms with E-state index in [9.17, 15) is 18.3 Å². The molecule has 8 heteroatoms. The lowest BCUT2D eigenvalue weighted by Crippen LogP contribution is -2.47. The van der Waals surface area contributed by atoms with E-state index in [1.807, 2.05) is 6.07 Å². The van der Waals surface area contributed by atoms with Crippen molar-refractivity contribution < 1.29 is 18.3 Å². The van der Waals surface area contributed by atoms with Crippen LogP contribution in [0.4, 0.5) is 0 Å². The number of carboxylic acids is 1. The average Bonchev–Trinajstić information content (AvgIpc) is 2.47. The highest BCUT2D eigenvalue weighted by Gasteiger charge is 2.37. The number of hydrogen-bond acceptors (Lipinski definition) is 4.